The molecule has 1 aromatic heterocycles. The standard InChI is InChI=1S/C17H12BrNO3S/c1-20-10-6-12-16-13(8-23-19-16)11-4-3-9(18)5-14(11)22-17(12)15(7-10)21-2/h3-8H,1-2H3. The van der Waals surface area contributed by atoms with Gasteiger partial charge in [0.25, 0.3) is 0 Å². The van der Waals surface area contributed by atoms with Crippen molar-refractivity contribution in [3.05, 3.63) is 40.2 Å². The Bertz CT molecular complexity index is 907. The van der Waals surface area contributed by atoms with Gasteiger partial charge in [0.2, 0.25) is 0 Å². The Morgan fingerprint density at radius 1 is 1.04 bits per heavy atom. The Balaban J connectivity index is 2.07. The van der Waals surface area contributed by atoms with Gasteiger partial charge in [0, 0.05) is 27.0 Å². The van der Waals surface area contributed by atoms with E-state index in [9.17, 15) is 0 Å². The van der Waals surface area contributed by atoms with Crippen molar-refractivity contribution >= 4 is 27.5 Å². The lowest BCUT2D eigenvalue weighted by Gasteiger charge is -2.14. The zero-order valence-corrected chi connectivity index (χ0v) is 14.8. The van der Waals surface area contributed by atoms with Gasteiger partial charge >= 0.3 is 0 Å². The van der Waals surface area contributed by atoms with E-state index in [1.807, 2.05) is 35.7 Å². The number of halogens is 1. The summed E-state index contributed by atoms with van der Waals surface area (Å²) in [5.41, 5.74) is 3.80. The minimum Gasteiger partial charge on any atom is -0.497 e. The molecule has 0 fully saturated rings. The fraction of sp³-hybridized carbons (Fsp3) is 0.118. The van der Waals surface area contributed by atoms with Gasteiger partial charge in [-0.2, -0.15) is 4.37 Å². The van der Waals surface area contributed by atoms with Gasteiger partial charge in [-0.3, -0.25) is 0 Å². The van der Waals surface area contributed by atoms with Crippen LogP contribution in [0.2, 0.25) is 0 Å². The summed E-state index contributed by atoms with van der Waals surface area (Å²) in [6, 6.07) is 9.72. The zero-order valence-electron chi connectivity index (χ0n) is 12.4. The van der Waals surface area contributed by atoms with Crippen LogP contribution in [-0.4, -0.2) is 18.6 Å². The molecule has 0 spiro atoms. The monoisotopic (exact) mass is 389 g/mol. The summed E-state index contributed by atoms with van der Waals surface area (Å²) in [4.78, 5) is 0. The number of fused-ring (bicyclic) bond motifs is 5. The fourth-order valence-electron chi connectivity index (χ4n) is 2.66. The van der Waals surface area contributed by atoms with Gasteiger partial charge in [0.05, 0.1) is 25.5 Å². The number of hydrogen-bond acceptors (Lipinski definition) is 5. The predicted molar refractivity (Wildman–Crippen MR) is 93.9 cm³/mol. The third-order valence-electron chi connectivity index (χ3n) is 3.75. The highest BCUT2D eigenvalue weighted by atomic mass is 79.9. The molecule has 0 atom stereocenters. The Kier molecular flexibility index (Phi) is 3.50. The first-order chi connectivity index (χ1) is 11.2. The van der Waals surface area contributed by atoms with Crippen LogP contribution in [0.5, 0.6) is 23.0 Å². The molecule has 0 saturated heterocycles. The van der Waals surface area contributed by atoms with Crippen molar-refractivity contribution in [2.45, 2.75) is 0 Å². The Morgan fingerprint density at radius 2 is 1.91 bits per heavy atom. The second kappa shape index (κ2) is 5.54. The van der Waals surface area contributed by atoms with E-state index in [0.717, 1.165) is 32.6 Å². The summed E-state index contributed by atoms with van der Waals surface area (Å²) in [6.45, 7) is 0. The highest BCUT2D eigenvalue weighted by molar-refractivity contribution is 9.10. The zero-order chi connectivity index (χ0) is 16.0. The molecule has 0 amide bonds. The Morgan fingerprint density at radius 3 is 2.70 bits per heavy atom. The van der Waals surface area contributed by atoms with E-state index in [-0.39, 0.29) is 0 Å². The lowest BCUT2D eigenvalue weighted by molar-refractivity contribution is 0.370. The van der Waals surface area contributed by atoms with Crippen LogP contribution in [0.3, 0.4) is 0 Å². The maximum Gasteiger partial charge on any atom is 0.179 e. The van der Waals surface area contributed by atoms with Crippen molar-refractivity contribution in [3.8, 4) is 45.4 Å². The summed E-state index contributed by atoms with van der Waals surface area (Å²) in [5.74, 6) is 2.74. The van der Waals surface area contributed by atoms with Gasteiger partial charge in [-0.25, -0.2) is 0 Å². The topological polar surface area (TPSA) is 40.6 Å². The number of hydrogen-bond donors (Lipinski definition) is 0. The maximum atomic E-state index is 6.20. The van der Waals surface area contributed by atoms with Crippen LogP contribution in [0.15, 0.2) is 40.2 Å². The molecule has 0 N–H and O–H groups in total. The molecular weight excluding hydrogens is 378 g/mol. The third-order valence-corrected chi connectivity index (χ3v) is 4.88. The van der Waals surface area contributed by atoms with E-state index in [1.165, 1.54) is 11.5 Å². The normalized spacial score (nSPS) is 11.6. The number of aromatic nitrogens is 1. The van der Waals surface area contributed by atoms with Crippen LogP contribution in [0, 0.1) is 0 Å². The first-order valence-corrected chi connectivity index (χ1v) is 8.52. The van der Waals surface area contributed by atoms with Crippen molar-refractivity contribution in [3.63, 3.8) is 0 Å². The lowest BCUT2D eigenvalue weighted by atomic mass is 10.0. The Labute approximate surface area is 145 Å². The van der Waals surface area contributed by atoms with Crippen molar-refractivity contribution < 1.29 is 14.2 Å². The van der Waals surface area contributed by atoms with Gasteiger partial charge in [-0.05, 0) is 35.8 Å². The fourth-order valence-corrected chi connectivity index (χ4v) is 3.70. The van der Waals surface area contributed by atoms with Crippen LogP contribution in [0.25, 0.3) is 22.4 Å². The van der Waals surface area contributed by atoms with E-state index in [2.05, 4.69) is 20.3 Å². The highest BCUT2D eigenvalue weighted by Crippen LogP contribution is 2.51. The van der Waals surface area contributed by atoms with Gasteiger partial charge in [-0.1, -0.05) is 15.9 Å². The summed E-state index contributed by atoms with van der Waals surface area (Å²) in [7, 11) is 3.25. The lowest BCUT2D eigenvalue weighted by Crippen LogP contribution is -1.94. The summed E-state index contributed by atoms with van der Waals surface area (Å²) in [5, 5.41) is 2.03. The van der Waals surface area contributed by atoms with Crippen molar-refractivity contribution in [2.75, 3.05) is 14.2 Å². The summed E-state index contributed by atoms with van der Waals surface area (Å²) < 4.78 is 22.6. The van der Waals surface area contributed by atoms with E-state index >= 15 is 0 Å². The molecule has 0 radical (unpaired) electrons. The number of benzene rings is 2. The summed E-state index contributed by atoms with van der Waals surface area (Å²) >= 11 is 4.92. The molecule has 0 saturated carbocycles. The molecule has 23 heavy (non-hydrogen) atoms. The van der Waals surface area contributed by atoms with Crippen LogP contribution < -0.4 is 14.2 Å². The van der Waals surface area contributed by atoms with Crippen molar-refractivity contribution in [1.29, 1.82) is 0 Å². The average Bonchev–Trinajstić information content (AvgIpc) is 3.00. The first-order valence-electron chi connectivity index (χ1n) is 6.90. The Hall–Kier alpha value is -2.05. The van der Waals surface area contributed by atoms with Gasteiger partial charge in [0.1, 0.15) is 11.5 Å². The molecule has 116 valence electrons. The van der Waals surface area contributed by atoms with Gasteiger partial charge < -0.3 is 14.2 Å². The molecule has 6 heteroatoms. The molecule has 0 unspecified atom stereocenters. The SMILES string of the molecule is COc1cc(OC)c2c(c1)-c1nscc1-c1ccc(Br)cc1O2. The number of ether oxygens (including phenoxy) is 3. The molecule has 3 aromatic rings. The van der Waals surface area contributed by atoms with Crippen LogP contribution >= 0.6 is 27.5 Å². The maximum absolute atomic E-state index is 6.20. The molecule has 1 aliphatic rings. The molecule has 4 nitrogen and oxygen atoms in total. The second-order valence-corrected chi connectivity index (χ2v) is 6.57. The van der Waals surface area contributed by atoms with Gasteiger partial charge in [0.15, 0.2) is 11.5 Å². The number of rotatable bonds is 2. The predicted octanol–water partition coefficient (Wildman–Crippen LogP) is 5.36. The van der Waals surface area contributed by atoms with E-state index < -0.39 is 0 Å². The highest BCUT2D eigenvalue weighted by Gasteiger charge is 2.26. The molecular formula is C17H12BrNO3S. The average molecular weight is 390 g/mol. The molecule has 0 aliphatic carbocycles. The second-order valence-electron chi connectivity index (χ2n) is 5.03. The van der Waals surface area contributed by atoms with Crippen LogP contribution in [0.4, 0.5) is 0 Å². The quantitative estimate of drug-likeness (QED) is 0.462. The molecule has 4 rings (SSSR count). The summed E-state index contributed by atoms with van der Waals surface area (Å²) in [6.07, 6.45) is 0. The molecule has 0 bridgehead atoms. The van der Waals surface area contributed by atoms with Crippen LogP contribution in [0.1, 0.15) is 0 Å². The number of nitrogens with zero attached hydrogens (tertiary/aromatic N) is 1. The molecule has 2 heterocycles. The van der Waals surface area contributed by atoms with E-state index in [4.69, 9.17) is 14.2 Å². The van der Waals surface area contributed by atoms with Gasteiger partial charge in [-0.15, -0.1) is 0 Å². The third kappa shape index (κ3) is 2.29. The minimum absolute atomic E-state index is 0.617. The number of methoxy groups -OCH3 is 2. The van der Waals surface area contributed by atoms with Crippen molar-refractivity contribution in [2.24, 2.45) is 0 Å². The molecule has 1 aliphatic heterocycles. The van der Waals surface area contributed by atoms with E-state index in [1.54, 1.807) is 14.2 Å². The first kappa shape index (κ1) is 14.5. The van der Waals surface area contributed by atoms with E-state index in [0.29, 0.717) is 17.2 Å². The van der Waals surface area contributed by atoms with Crippen molar-refractivity contribution in [1.82, 2.24) is 4.37 Å². The minimum atomic E-state index is 0.617. The molecule has 2 aromatic carbocycles. The van der Waals surface area contributed by atoms with Crippen LogP contribution in [-0.2, 0) is 0 Å². The smallest absolute Gasteiger partial charge is 0.179 e. The largest absolute Gasteiger partial charge is 0.497 e.